The molecule has 2 rings (SSSR count). The first-order valence-electron chi connectivity index (χ1n) is 5.80. The van der Waals surface area contributed by atoms with Crippen molar-refractivity contribution in [1.82, 2.24) is 9.97 Å². The zero-order valence-corrected chi connectivity index (χ0v) is 11.5. The fraction of sp³-hybridized carbons (Fsp3) is 0.214. The third kappa shape index (κ3) is 3.43. The van der Waals surface area contributed by atoms with E-state index in [4.69, 9.17) is 16.9 Å². The van der Waals surface area contributed by atoms with Gasteiger partial charge < -0.3 is 4.90 Å². The highest BCUT2D eigenvalue weighted by atomic mass is 35.5. The van der Waals surface area contributed by atoms with Gasteiger partial charge in [-0.2, -0.15) is 5.26 Å². The highest BCUT2D eigenvalue weighted by molar-refractivity contribution is 6.30. The molecule has 0 radical (unpaired) electrons. The van der Waals surface area contributed by atoms with Gasteiger partial charge in [0.2, 0.25) is 5.95 Å². The number of hydrogen-bond acceptors (Lipinski definition) is 4. The number of benzene rings is 1. The Morgan fingerprint density at radius 1 is 1.26 bits per heavy atom. The highest BCUT2D eigenvalue weighted by Gasteiger charge is 2.08. The monoisotopic (exact) mass is 272 g/mol. The van der Waals surface area contributed by atoms with Crippen molar-refractivity contribution < 1.29 is 0 Å². The summed E-state index contributed by atoms with van der Waals surface area (Å²) < 4.78 is 0. The quantitative estimate of drug-likeness (QED) is 0.862. The lowest BCUT2D eigenvalue weighted by Gasteiger charge is -2.17. The van der Waals surface area contributed by atoms with Crippen molar-refractivity contribution in [3.8, 4) is 6.07 Å². The first kappa shape index (κ1) is 13.3. The maximum absolute atomic E-state index is 8.92. The van der Waals surface area contributed by atoms with Crippen LogP contribution < -0.4 is 4.90 Å². The SMILES string of the molecule is Cc1cc(C#N)nc(N(C)Cc2ccc(Cl)cc2)n1. The molecule has 19 heavy (non-hydrogen) atoms. The van der Waals surface area contributed by atoms with Crippen molar-refractivity contribution >= 4 is 17.5 Å². The molecular formula is C14H13ClN4. The van der Waals surface area contributed by atoms with Gasteiger partial charge in [0.05, 0.1) is 0 Å². The van der Waals surface area contributed by atoms with E-state index in [1.165, 1.54) is 0 Å². The molecule has 0 N–H and O–H groups in total. The van der Waals surface area contributed by atoms with E-state index in [9.17, 15) is 0 Å². The molecule has 0 aliphatic heterocycles. The zero-order chi connectivity index (χ0) is 13.8. The number of nitrogens with zero attached hydrogens (tertiary/aromatic N) is 4. The molecule has 1 aromatic heterocycles. The Labute approximate surface area is 117 Å². The molecular weight excluding hydrogens is 260 g/mol. The first-order chi connectivity index (χ1) is 9.08. The minimum atomic E-state index is 0.380. The maximum atomic E-state index is 8.92. The molecule has 0 amide bonds. The van der Waals surface area contributed by atoms with Crippen molar-refractivity contribution in [1.29, 1.82) is 5.26 Å². The van der Waals surface area contributed by atoms with Crippen LogP contribution in [0.4, 0.5) is 5.95 Å². The van der Waals surface area contributed by atoms with Gasteiger partial charge in [-0.3, -0.25) is 0 Å². The molecule has 5 heteroatoms. The highest BCUT2D eigenvalue weighted by Crippen LogP contribution is 2.14. The molecule has 96 valence electrons. The van der Waals surface area contributed by atoms with Crippen LogP contribution in [0, 0.1) is 18.3 Å². The summed E-state index contributed by atoms with van der Waals surface area (Å²) >= 11 is 5.85. The zero-order valence-electron chi connectivity index (χ0n) is 10.8. The lowest BCUT2D eigenvalue weighted by atomic mass is 10.2. The lowest BCUT2D eigenvalue weighted by Crippen LogP contribution is -2.19. The third-order valence-corrected chi connectivity index (χ3v) is 2.88. The van der Waals surface area contributed by atoms with Crippen LogP contribution in [0.25, 0.3) is 0 Å². The van der Waals surface area contributed by atoms with Gasteiger partial charge >= 0.3 is 0 Å². The summed E-state index contributed by atoms with van der Waals surface area (Å²) in [6.45, 7) is 2.51. The molecule has 0 saturated carbocycles. The van der Waals surface area contributed by atoms with Crippen LogP contribution in [0.2, 0.25) is 5.02 Å². The molecule has 0 atom stereocenters. The standard InChI is InChI=1S/C14H13ClN4/c1-10-7-13(8-16)18-14(17-10)19(2)9-11-3-5-12(15)6-4-11/h3-7H,9H2,1-2H3. The van der Waals surface area contributed by atoms with Gasteiger partial charge in [0.25, 0.3) is 0 Å². The summed E-state index contributed by atoms with van der Waals surface area (Å²) in [5.41, 5.74) is 2.27. The molecule has 0 aliphatic rings. The van der Waals surface area contributed by atoms with Crippen LogP contribution in [0.1, 0.15) is 17.0 Å². The number of aromatic nitrogens is 2. The van der Waals surface area contributed by atoms with Gasteiger partial charge in [-0.25, -0.2) is 9.97 Å². The van der Waals surface area contributed by atoms with E-state index >= 15 is 0 Å². The van der Waals surface area contributed by atoms with Crippen LogP contribution in [0.3, 0.4) is 0 Å². The normalized spacial score (nSPS) is 10.0. The molecule has 0 fully saturated rings. The molecule has 0 aliphatic carbocycles. The van der Waals surface area contributed by atoms with Crippen molar-refractivity contribution in [2.45, 2.75) is 13.5 Å². The van der Waals surface area contributed by atoms with Crippen molar-refractivity contribution in [3.05, 3.63) is 52.3 Å². The second-order valence-corrected chi connectivity index (χ2v) is 4.73. The molecule has 0 unspecified atom stereocenters. The van der Waals surface area contributed by atoms with Crippen LogP contribution in [-0.2, 0) is 6.54 Å². The van der Waals surface area contributed by atoms with Gasteiger partial charge in [-0.1, -0.05) is 23.7 Å². The van der Waals surface area contributed by atoms with Gasteiger partial charge in [-0.05, 0) is 30.7 Å². The molecule has 0 bridgehead atoms. The average molecular weight is 273 g/mol. The smallest absolute Gasteiger partial charge is 0.226 e. The van der Waals surface area contributed by atoms with Crippen LogP contribution in [-0.4, -0.2) is 17.0 Å². The van der Waals surface area contributed by atoms with E-state index in [2.05, 4.69) is 9.97 Å². The summed E-state index contributed by atoms with van der Waals surface area (Å²) in [5.74, 6) is 0.548. The Morgan fingerprint density at radius 3 is 2.58 bits per heavy atom. The number of hydrogen-bond donors (Lipinski definition) is 0. The summed E-state index contributed by atoms with van der Waals surface area (Å²) in [4.78, 5) is 10.4. The Hall–Kier alpha value is -2.12. The average Bonchev–Trinajstić information content (AvgIpc) is 2.40. The minimum Gasteiger partial charge on any atom is -0.340 e. The van der Waals surface area contributed by atoms with E-state index in [1.807, 2.05) is 49.2 Å². The number of aryl methyl sites for hydroxylation is 1. The van der Waals surface area contributed by atoms with E-state index < -0.39 is 0 Å². The predicted octanol–water partition coefficient (Wildman–Crippen LogP) is 2.95. The summed E-state index contributed by atoms with van der Waals surface area (Å²) in [5, 5.41) is 9.63. The van der Waals surface area contributed by atoms with E-state index in [-0.39, 0.29) is 0 Å². The van der Waals surface area contributed by atoms with Gasteiger partial charge in [0, 0.05) is 24.3 Å². The number of nitriles is 1. The van der Waals surface area contributed by atoms with Crippen molar-refractivity contribution in [2.75, 3.05) is 11.9 Å². The maximum Gasteiger partial charge on any atom is 0.226 e. The Kier molecular flexibility index (Phi) is 3.98. The summed E-state index contributed by atoms with van der Waals surface area (Å²) in [6, 6.07) is 11.3. The third-order valence-electron chi connectivity index (χ3n) is 2.63. The predicted molar refractivity (Wildman–Crippen MR) is 75.0 cm³/mol. The Morgan fingerprint density at radius 2 is 1.95 bits per heavy atom. The number of halogens is 1. The second kappa shape index (κ2) is 5.68. The van der Waals surface area contributed by atoms with E-state index in [0.29, 0.717) is 23.2 Å². The first-order valence-corrected chi connectivity index (χ1v) is 6.17. The molecule has 2 aromatic rings. The molecule has 0 spiro atoms. The Balaban J connectivity index is 2.20. The van der Waals surface area contributed by atoms with E-state index in [0.717, 1.165) is 11.3 Å². The van der Waals surface area contributed by atoms with Crippen molar-refractivity contribution in [2.24, 2.45) is 0 Å². The van der Waals surface area contributed by atoms with Gasteiger partial charge in [0.1, 0.15) is 11.8 Å². The minimum absolute atomic E-state index is 0.380. The summed E-state index contributed by atoms with van der Waals surface area (Å²) in [6.07, 6.45) is 0. The second-order valence-electron chi connectivity index (χ2n) is 4.29. The fourth-order valence-corrected chi connectivity index (χ4v) is 1.84. The number of anilines is 1. The largest absolute Gasteiger partial charge is 0.340 e. The van der Waals surface area contributed by atoms with Crippen molar-refractivity contribution in [3.63, 3.8) is 0 Å². The van der Waals surface area contributed by atoms with E-state index in [1.54, 1.807) is 6.07 Å². The molecule has 1 aromatic carbocycles. The van der Waals surface area contributed by atoms with Crippen LogP contribution in [0.15, 0.2) is 30.3 Å². The van der Waals surface area contributed by atoms with Gasteiger partial charge in [-0.15, -0.1) is 0 Å². The lowest BCUT2D eigenvalue weighted by molar-refractivity contribution is 0.856. The molecule has 1 heterocycles. The molecule has 4 nitrogen and oxygen atoms in total. The Bertz CT molecular complexity index is 616. The fourth-order valence-electron chi connectivity index (χ4n) is 1.72. The van der Waals surface area contributed by atoms with Gasteiger partial charge in [0.15, 0.2) is 0 Å². The number of rotatable bonds is 3. The molecule has 0 saturated heterocycles. The topological polar surface area (TPSA) is 52.8 Å². The van der Waals surface area contributed by atoms with Crippen LogP contribution in [0.5, 0.6) is 0 Å². The van der Waals surface area contributed by atoms with Crippen LogP contribution >= 0.6 is 11.6 Å². The summed E-state index contributed by atoms with van der Waals surface area (Å²) in [7, 11) is 1.89.